The number of nitrogens with one attached hydrogen (secondary N) is 1. The number of terminal acetylenes is 1. The maximum Gasteiger partial charge on any atom is 0.0656 e. The van der Waals surface area contributed by atoms with Crippen LogP contribution in [0.1, 0.15) is 5.56 Å². The molecule has 0 aromatic heterocycles. The number of hydrogen-bond acceptors (Lipinski definition) is 1. The molecule has 1 aromatic carbocycles. The minimum atomic E-state index is 0.416. The Hall–Kier alpha value is -1.49. The second-order valence-electron chi connectivity index (χ2n) is 1.82. The fourth-order valence-electron chi connectivity index (χ4n) is 0.629. The molecule has 0 fully saturated rings. The van der Waals surface area contributed by atoms with Gasteiger partial charge in [-0.05, 0) is 24.3 Å². The first-order chi connectivity index (χ1) is 4.86. The first kappa shape index (κ1) is 6.63. The minimum Gasteiger partial charge on any atom is -0.225 e. The Morgan fingerprint density at radius 1 is 1.30 bits per heavy atom. The number of anilines is 1. The van der Waals surface area contributed by atoms with Gasteiger partial charge in [-0.2, -0.15) is 0 Å². The SMILES string of the molecule is C#Cc1ccc(NF)cc1. The van der Waals surface area contributed by atoms with Gasteiger partial charge in [0.1, 0.15) is 0 Å². The van der Waals surface area contributed by atoms with Crippen LogP contribution in [-0.4, -0.2) is 0 Å². The van der Waals surface area contributed by atoms with Crippen LogP contribution in [0.25, 0.3) is 0 Å². The Bertz CT molecular complexity index is 245. The Morgan fingerprint density at radius 2 is 1.90 bits per heavy atom. The van der Waals surface area contributed by atoms with E-state index in [2.05, 4.69) is 5.92 Å². The van der Waals surface area contributed by atoms with E-state index in [4.69, 9.17) is 6.42 Å². The standard InChI is InChI=1S/C8H6FN/c1-2-7-3-5-8(10-9)6-4-7/h1,3-6,10H. The molecule has 0 saturated carbocycles. The van der Waals surface area contributed by atoms with E-state index < -0.39 is 0 Å². The number of benzene rings is 1. The van der Waals surface area contributed by atoms with Gasteiger partial charge in [-0.3, -0.25) is 0 Å². The van der Waals surface area contributed by atoms with Crippen LogP contribution >= 0.6 is 0 Å². The molecule has 0 unspecified atom stereocenters. The summed E-state index contributed by atoms with van der Waals surface area (Å²) in [6.07, 6.45) is 5.08. The zero-order chi connectivity index (χ0) is 7.40. The molecule has 1 nitrogen and oxygen atoms in total. The number of halogens is 1. The Labute approximate surface area is 58.8 Å². The molecule has 0 aliphatic heterocycles. The second-order valence-corrected chi connectivity index (χ2v) is 1.82. The molecule has 1 aromatic rings. The monoisotopic (exact) mass is 135 g/mol. The molecule has 0 bridgehead atoms. The van der Waals surface area contributed by atoms with E-state index in [9.17, 15) is 4.48 Å². The molecule has 0 aliphatic rings. The van der Waals surface area contributed by atoms with Crippen LogP contribution in [0.4, 0.5) is 10.2 Å². The lowest BCUT2D eigenvalue weighted by Crippen LogP contribution is -1.80. The molecule has 0 amide bonds. The van der Waals surface area contributed by atoms with Crippen LogP contribution in [0.5, 0.6) is 0 Å². The highest BCUT2D eigenvalue weighted by Crippen LogP contribution is 2.07. The highest BCUT2D eigenvalue weighted by atomic mass is 19.2. The topological polar surface area (TPSA) is 12.0 Å². The Morgan fingerprint density at radius 3 is 2.30 bits per heavy atom. The smallest absolute Gasteiger partial charge is 0.0656 e. The van der Waals surface area contributed by atoms with E-state index in [1.54, 1.807) is 24.3 Å². The van der Waals surface area contributed by atoms with E-state index in [0.717, 1.165) is 5.56 Å². The van der Waals surface area contributed by atoms with Gasteiger partial charge in [0.25, 0.3) is 0 Å². The predicted molar refractivity (Wildman–Crippen MR) is 39.1 cm³/mol. The van der Waals surface area contributed by atoms with Crippen LogP contribution in [0.2, 0.25) is 0 Å². The predicted octanol–water partition coefficient (Wildman–Crippen LogP) is 1.96. The van der Waals surface area contributed by atoms with Gasteiger partial charge in [0.2, 0.25) is 0 Å². The molecule has 10 heavy (non-hydrogen) atoms. The molecular formula is C8H6FN. The molecule has 0 saturated heterocycles. The van der Waals surface area contributed by atoms with Crippen LogP contribution in [0.15, 0.2) is 24.3 Å². The van der Waals surface area contributed by atoms with Gasteiger partial charge in [-0.25, -0.2) is 5.54 Å². The van der Waals surface area contributed by atoms with Crippen molar-refractivity contribution >= 4 is 5.69 Å². The van der Waals surface area contributed by atoms with Gasteiger partial charge in [-0.1, -0.05) is 5.92 Å². The van der Waals surface area contributed by atoms with Gasteiger partial charge in [-0.15, -0.1) is 10.9 Å². The van der Waals surface area contributed by atoms with Crippen LogP contribution in [0.3, 0.4) is 0 Å². The average Bonchev–Trinajstić information content (AvgIpc) is 2.05. The van der Waals surface area contributed by atoms with Crippen molar-refractivity contribution in [2.75, 3.05) is 5.54 Å². The summed E-state index contributed by atoms with van der Waals surface area (Å²) >= 11 is 0. The molecule has 50 valence electrons. The summed E-state index contributed by atoms with van der Waals surface area (Å²) in [5, 5.41) is 0. The number of hydrogen-bond donors (Lipinski definition) is 1. The molecule has 0 aliphatic carbocycles. The van der Waals surface area contributed by atoms with Gasteiger partial charge < -0.3 is 0 Å². The Balaban J connectivity index is 2.93. The van der Waals surface area contributed by atoms with Crippen molar-refractivity contribution in [3.05, 3.63) is 29.8 Å². The van der Waals surface area contributed by atoms with Crippen molar-refractivity contribution in [3.8, 4) is 12.3 Å². The van der Waals surface area contributed by atoms with Crippen LogP contribution in [0, 0.1) is 12.3 Å². The molecule has 1 rings (SSSR count). The summed E-state index contributed by atoms with van der Waals surface area (Å²) in [6, 6.07) is 6.49. The third kappa shape index (κ3) is 1.26. The van der Waals surface area contributed by atoms with Crippen molar-refractivity contribution in [2.24, 2.45) is 0 Å². The van der Waals surface area contributed by atoms with Gasteiger partial charge in [0, 0.05) is 5.56 Å². The quantitative estimate of drug-likeness (QED) is 0.458. The zero-order valence-electron chi connectivity index (χ0n) is 5.26. The molecule has 0 heterocycles. The fourth-order valence-corrected chi connectivity index (χ4v) is 0.629. The largest absolute Gasteiger partial charge is 0.225 e. The first-order valence-electron chi connectivity index (χ1n) is 2.80. The van der Waals surface area contributed by atoms with Crippen molar-refractivity contribution < 1.29 is 4.48 Å². The van der Waals surface area contributed by atoms with E-state index in [1.165, 1.54) is 5.54 Å². The third-order valence-electron chi connectivity index (χ3n) is 1.16. The first-order valence-corrected chi connectivity index (χ1v) is 2.80. The lowest BCUT2D eigenvalue weighted by molar-refractivity contribution is 0.618. The minimum absolute atomic E-state index is 0.416. The van der Waals surface area contributed by atoms with Crippen LogP contribution < -0.4 is 5.54 Å². The van der Waals surface area contributed by atoms with E-state index in [-0.39, 0.29) is 0 Å². The molecular weight excluding hydrogens is 129 g/mol. The second kappa shape index (κ2) is 2.88. The van der Waals surface area contributed by atoms with Crippen molar-refractivity contribution in [1.29, 1.82) is 0 Å². The third-order valence-corrected chi connectivity index (χ3v) is 1.16. The molecule has 1 N–H and O–H groups in total. The fraction of sp³-hybridized carbons (Fsp3) is 0. The summed E-state index contributed by atoms with van der Waals surface area (Å²) < 4.78 is 11.7. The average molecular weight is 135 g/mol. The lowest BCUT2D eigenvalue weighted by Gasteiger charge is -1.93. The molecule has 2 heteroatoms. The summed E-state index contributed by atoms with van der Waals surface area (Å²) in [4.78, 5) is 0. The molecule has 0 atom stereocenters. The molecule has 0 spiro atoms. The van der Waals surface area contributed by atoms with Gasteiger partial charge >= 0.3 is 0 Å². The Kier molecular flexibility index (Phi) is 1.91. The summed E-state index contributed by atoms with van der Waals surface area (Å²) in [5.74, 6) is 2.43. The summed E-state index contributed by atoms with van der Waals surface area (Å²) in [6.45, 7) is 0. The van der Waals surface area contributed by atoms with Crippen molar-refractivity contribution in [2.45, 2.75) is 0 Å². The normalized spacial score (nSPS) is 8.40. The van der Waals surface area contributed by atoms with E-state index in [0.29, 0.717) is 5.69 Å². The van der Waals surface area contributed by atoms with Crippen molar-refractivity contribution in [1.82, 2.24) is 0 Å². The van der Waals surface area contributed by atoms with Gasteiger partial charge in [0.15, 0.2) is 0 Å². The van der Waals surface area contributed by atoms with Crippen LogP contribution in [-0.2, 0) is 0 Å². The van der Waals surface area contributed by atoms with E-state index in [1.807, 2.05) is 0 Å². The van der Waals surface area contributed by atoms with Crippen molar-refractivity contribution in [3.63, 3.8) is 0 Å². The zero-order valence-corrected chi connectivity index (χ0v) is 5.26. The summed E-state index contributed by atoms with van der Waals surface area (Å²) in [7, 11) is 0. The maximum atomic E-state index is 11.7. The lowest BCUT2D eigenvalue weighted by atomic mass is 10.2. The van der Waals surface area contributed by atoms with E-state index >= 15 is 0 Å². The van der Waals surface area contributed by atoms with Gasteiger partial charge in [0.05, 0.1) is 5.69 Å². The number of rotatable bonds is 1. The maximum absolute atomic E-state index is 11.7. The highest BCUT2D eigenvalue weighted by molar-refractivity contribution is 5.46. The summed E-state index contributed by atoms with van der Waals surface area (Å²) in [5.41, 5.74) is 2.67. The highest BCUT2D eigenvalue weighted by Gasteiger charge is 1.87. The molecule has 0 radical (unpaired) electrons.